The molecule has 3 amide bonds. The number of aryl methyl sites for hydroxylation is 1. The van der Waals surface area contributed by atoms with E-state index in [4.69, 9.17) is 4.74 Å². The Morgan fingerprint density at radius 3 is 2.38 bits per heavy atom. The second kappa shape index (κ2) is 10.4. The van der Waals surface area contributed by atoms with Gasteiger partial charge in [0, 0.05) is 12.6 Å². The van der Waals surface area contributed by atoms with Crippen LogP contribution in [0.5, 0.6) is 0 Å². The molecule has 2 rings (SSSR count). The Bertz CT molecular complexity index is 832. The highest BCUT2D eigenvalue weighted by Gasteiger charge is 2.23. The molecule has 1 fully saturated rings. The lowest BCUT2D eigenvalue weighted by molar-refractivity contribution is -0.154. The van der Waals surface area contributed by atoms with Gasteiger partial charge >= 0.3 is 12.0 Å². The van der Waals surface area contributed by atoms with Crippen molar-refractivity contribution in [1.82, 2.24) is 15.4 Å². The third-order valence-corrected chi connectivity index (χ3v) is 6.03. The Kier molecular flexibility index (Phi) is 8.15. The van der Waals surface area contributed by atoms with E-state index in [2.05, 4.69) is 15.4 Å². The Balaban J connectivity index is 1.71. The van der Waals surface area contributed by atoms with Gasteiger partial charge in [-0.25, -0.2) is 17.9 Å². The van der Waals surface area contributed by atoms with Crippen molar-refractivity contribution in [2.45, 2.75) is 63.0 Å². The van der Waals surface area contributed by atoms with Crippen LogP contribution in [-0.2, 0) is 24.3 Å². The van der Waals surface area contributed by atoms with Crippen LogP contribution in [0.2, 0.25) is 0 Å². The van der Waals surface area contributed by atoms with Crippen molar-refractivity contribution in [3.8, 4) is 0 Å². The van der Waals surface area contributed by atoms with E-state index >= 15 is 0 Å². The van der Waals surface area contributed by atoms with Crippen LogP contribution >= 0.6 is 0 Å². The summed E-state index contributed by atoms with van der Waals surface area (Å²) in [5.41, 5.74) is 0.928. The van der Waals surface area contributed by atoms with Crippen LogP contribution in [0.3, 0.4) is 0 Å². The van der Waals surface area contributed by atoms with E-state index in [9.17, 15) is 22.8 Å². The number of sulfonamides is 1. The van der Waals surface area contributed by atoms with Gasteiger partial charge in [-0.05, 0) is 38.8 Å². The quantitative estimate of drug-likeness (QED) is 0.539. The molecule has 0 radical (unpaired) electrons. The minimum absolute atomic E-state index is 0.0576. The largest absolute Gasteiger partial charge is 0.452 e. The Morgan fingerprint density at radius 1 is 1.14 bits per heavy atom. The van der Waals surface area contributed by atoms with E-state index < -0.39 is 34.0 Å². The minimum Gasteiger partial charge on any atom is -0.452 e. The molecule has 0 spiro atoms. The maximum atomic E-state index is 12.1. The minimum atomic E-state index is -3.74. The van der Waals surface area contributed by atoms with Crippen molar-refractivity contribution in [2.75, 3.05) is 6.54 Å². The molecule has 1 aliphatic carbocycles. The molecule has 0 bridgehead atoms. The zero-order valence-electron chi connectivity index (χ0n) is 16.6. The number of urea groups is 1. The lowest BCUT2D eigenvalue weighted by Crippen LogP contribution is -2.47. The molecule has 1 aromatic rings. The number of hydrogen-bond acceptors (Lipinski definition) is 6. The molecule has 29 heavy (non-hydrogen) atoms. The SMILES string of the molecule is Cc1ccc(S(=O)(=O)NCCC(=O)O[C@H](C)C(=O)NC(=O)NC2CCCC2)cc1. The fraction of sp³-hybridized carbons (Fsp3) is 0.526. The summed E-state index contributed by atoms with van der Waals surface area (Å²) in [4.78, 5) is 35.7. The van der Waals surface area contributed by atoms with Crippen molar-refractivity contribution in [3.05, 3.63) is 29.8 Å². The Morgan fingerprint density at radius 2 is 1.76 bits per heavy atom. The molecule has 1 saturated carbocycles. The first-order valence-electron chi connectivity index (χ1n) is 9.54. The third-order valence-electron chi connectivity index (χ3n) is 4.56. The Hall–Kier alpha value is -2.46. The van der Waals surface area contributed by atoms with E-state index in [0.29, 0.717) is 0 Å². The highest BCUT2D eigenvalue weighted by Crippen LogP contribution is 2.17. The molecular formula is C19H27N3O6S. The van der Waals surface area contributed by atoms with E-state index in [1.807, 2.05) is 6.92 Å². The topological polar surface area (TPSA) is 131 Å². The summed E-state index contributed by atoms with van der Waals surface area (Å²) in [6.45, 7) is 3.01. The zero-order chi connectivity index (χ0) is 21.4. The molecule has 1 aliphatic rings. The van der Waals surface area contributed by atoms with Crippen LogP contribution in [0.25, 0.3) is 0 Å². The molecule has 9 nitrogen and oxygen atoms in total. The molecule has 0 saturated heterocycles. The van der Waals surface area contributed by atoms with Gasteiger partial charge in [0.25, 0.3) is 5.91 Å². The van der Waals surface area contributed by atoms with E-state index in [1.54, 1.807) is 12.1 Å². The number of ether oxygens (including phenoxy) is 1. The predicted octanol–water partition coefficient (Wildman–Crippen LogP) is 1.36. The summed E-state index contributed by atoms with van der Waals surface area (Å²) < 4.78 is 31.6. The number of esters is 1. The van der Waals surface area contributed by atoms with Crippen molar-refractivity contribution in [2.24, 2.45) is 0 Å². The van der Waals surface area contributed by atoms with E-state index in [-0.39, 0.29) is 23.9 Å². The van der Waals surface area contributed by atoms with Crippen LogP contribution < -0.4 is 15.4 Å². The average molecular weight is 426 g/mol. The van der Waals surface area contributed by atoms with Crippen LogP contribution in [-0.4, -0.2) is 45.0 Å². The second-order valence-electron chi connectivity index (χ2n) is 7.04. The van der Waals surface area contributed by atoms with Gasteiger partial charge in [0.15, 0.2) is 6.10 Å². The smallest absolute Gasteiger partial charge is 0.321 e. The van der Waals surface area contributed by atoms with Crippen molar-refractivity contribution in [1.29, 1.82) is 0 Å². The van der Waals surface area contributed by atoms with Crippen molar-refractivity contribution >= 4 is 27.9 Å². The molecule has 0 unspecified atom stereocenters. The fourth-order valence-corrected chi connectivity index (χ4v) is 3.93. The number of carbonyl (C=O) groups excluding carboxylic acids is 3. The number of hydrogen-bond donors (Lipinski definition) is 3. The van der Waals surface area contributed by atoms with Gasteiger partial charge in [-0.15, -0.1) is 0 Å². The summed E-state index contributed by atoms with van der Waals surface area (Å²) in [6.07, 6.45) is 2.42. The van der Waals surface area contributed by atoms with Gasteiger partial charge in [0.2, 0.25) is 10.0 Å². The van der Waals surface area contributed by atoms with Crippen LogP contribution in [0, 0.1) is 6.92 Å². The molecule has 1 atom stereocenters. The number of nitrogens with one attached hydrogen (secondary N) is 3. The molecule has 0 aromatic heterocycles. The molecule has 10 heteroatoms. The van der Waals surface area contributed by atoms with Crippen LogP contribution in [0.1, 0.15) is 44.6 Å². The maximum absolute atomic E-state index is 12.1. The van der Waals surface area contributed by atoms with E-state index in [0.717, 1.165) is 31.2 Å². The summed E-state index contributed by atoms with van der Waals surface area (Å²) in [5.74, 6) is -1.50. The van der Waals surface area contributed by atoms with Crippen molar-refractivity contribution < 1.29 is 27.5 Å². The van der Waals surface area contributed by atoms with Crippen LogP contribution in [0.4, 0.5) is 4.79 Å². The normalized spacial score (nSPS) is 15.5. The summed E-state index contributed by atoms with van der Waals surface area (Å²) in [7, 11) is -3.74. The molecular weight excluding hydrogens is 398 g/mol. The number of rotatable bonds is 8. The first-order chi connectivity index (χ1) is 13.7. The number of amides is 3. The first-order valence-corrected chi connectivity index (χ1v) is 11.0. The molecule has 0 aliphatic heterocycles. The number of carbonyl (C=O) groups is 3. The van der Waals surface area contributed by atoms with Gasteiger partial charge in [0.1, 0.15) is 0 Å². The first kappa shape index (κ1) is 22.8. The molecule has 0 heterocycles. The van der Waals surface area contributed by atoms with Crippen LogP contribution in [0.15, 0.2) is 29.2 Å². The standard InChI is InChI=1S/C19H27N3O6S/c1-13-7-9-16(10-8-13)29(26,27)20-12-11-17(23)28-14(2)18(24)22-19(25)21-15-5-3-4-6-15/h7-10,14-15,20H,3-6,11-12H2,1-2H3,(H2,21,22,24,25)/t14-/m1/s1. The summed E-state index contributed by atoms with van der Waals surface area (Å²) in [5, 5.41) is 4.84. The molecule has 160 valence electrons. The van der Waals surface area contributed by atoms with Gasteiger partial charge in [0.05, 0.1) is 11.3 Å². The van der Waals surface area contributed by atoms with Gasteiger partial charge in [-0.3, -0.25) is 14.9 Å². The molecule has 3 N–H and O–H groups in total. The maximum Gasteiger partial charge on any atom is 0.321 e. The fourth-order valence-electron chi connectivity index (χ4n) is 2.90. The number of imide groups is 1. The summed E-state index contributed by atoms with van der Waals surface area (Å²) in [6, 6.07) is 5.73. The highest BCUT2D eigenvalue weighted by atomic mass is 32.2. The lowest BCUT2D eigenvalue weighted by Gasteiger charge is -2.15. The summed E-state index contributed by atoms with van der Waals surface area (Å²) >= 11 is 0. The molecule has 1 aromatic carbocycles. The monoisotopic (exact) mass is 425 g/mol. The van der Waals surface area contributed by atoms with Gasteiger partial charge < -0.3 is 10.1 Å². The van der Waals surface area contributed by atoms with E-state index in [1.165, 1.54) is 19.1 Å². The zero-order valence-corrected chi connectivity index (χ0v) is 17.4. The predicted molar refractivity (Wildman–Crippen MR) is 105 cm³/mol. The second-order valence-corrected chi connectivity index (χ2v) is 8.80. The lowest BCUT2D eigenvalue weighted by atomic mass is 10.2. The van der Waals surface area contributed by atoms with Gasteiger partial charge in [-0.2, -0.15) is 0 Å². The van der Waals surface area contributed by atoms with Crippen molar-refractivity contribution in [3.63, 3.8) is 0 Å². The number of benzene rings is 1. The highest BCUT2D eigenvalue weighted by molar-refractivity contribution is 7.89. The third kappa shape index (κ3) is 7.47. The van der Waals surface area contributed by atoms with Gasteiger partial charge in [-0.1, -0.05) is 30.5 Å². The average Bonchev–Trinajstić information content (AvgIpc) is 3.14. The Labute approximate surface area is 170 Å².